The molecule has 1 amide bonds. The Labute approximate surface area is 179 Å². The standard InChI is InChI=1S/C23H31N3O3S/c1-18-2-4-19(5-3-18)6-7-20-12-14-26(15-13-20)17-23(27)25-16-21-8-10-22(11-9-21)30(24,28)29/h2-5,8-11,20H,6-7,12-17H2,1H3,(H,25,27)(H2,24,28,29). The van der Waals surface area contributed by atoms with Crippen LogP contribution in [0.4, 0.5) is 0 Å². The molecule has 2 aromatic rings. The molecule has 0 saturated carbocycles. The van der Waals surface area contributed by atoms with Crippen molar-refractivity contribution in [2.75, 3.05) is 19.6 Å². The number of carbonyl (C=O) groups is 1. The largest absolute Gasteiger partial charge is 0.351 e. The molecule has 0 aromatic heterocycles. The van der Waals surface area contributed by atoms with Crippen molar-refractivity contribution in [3.05, 3.63) is 65.2 Å². The molecule has 1 fully saturated rings. The maximum atomic E-state index is 12.3. The fourth-order valence-corrected chi connectivity index (χ4v) is 4.33. The van der Waals surface area contributed by atoms with Crippen molar-refractivity contribution in [1.82, 2.24) is 10.2 Å². The molecule has 1 aliphatic heterocycles. The molecule has 0 radical (unpaired) electrons. The Morgan fingerprint density at radius 2 is 1.63 bits per heavy atom. The van der Waals surface area contributed by atoms with Gasteiger partial charge in [-0.05, 0) is 74.9 Å². The summed E-state index contributed by atoms with van der Waals surface area (Å²) in [6, 6.07) is 15.0. The van der Waals surface area contributed by atoms with E-state index in [0.29, 0.717) is 13.1 Å². The molecule has 2 aromatic carbocycles. The Morgan fingerprint density at radius 3 is 2.23 bits per heavy atom. The number of primary sulfonamides is 1. The van der Waals surface area contributed by atoms with E-state index in [-0.39, 0.29) is 10.8 Å². The molecule has 1 saturated heterocycles. The van der Waals surface area contributed by atoms with Crippen molar-refractivity contribution in [3.63, 3.8) is 0 Å². The molecule has 3 rings (SSSR count). The number of carbonyl (C=O) groups excluding carboxylic acids is 1. The second-order valence-electron chi connectivity index (χ2n) is 8.21. The van der Waals surface area contributed by atoms with Gasteiger partial charge in [-0.2, -0.15) is 0 Å². The zero-order chi connectivity index (χ0) is 21.6. The van der Waals surface area contributed by atoms with Crippen molar-refractivity contribution in [2.24, 2.45) is 11.1 Å². The molecule has 30 heavy (non-hydrogen) atoms. The van der Waals surface area contributed by atoms with E-state index in [1.807, 2.05) is 0 Å². The van der Waals surface area contributed by atoms with Gasteiger partial charge >= 0.3 is 0 Å². The SMILES string of the molecule is Cc1ccc(CCC2CCN(CC(=O)NCc3ccc(S(N)(=O)=O)cc3)CC2)cc1. The number of aryl methyl sites for hydroxylation is 2. The third-order valence-electron chi connectivity index (χ3n) is 5.78. The molecule has 0 bridgehead atoms. The quantitative estimate of drug-likeness (QED) is 0.675. The van der Waals surface area contributed by atoms with Crippen LogP contribution in [0.3, 0.4) is 0 Å². The van der Waals surface area contributed by atoms with E-state index in [0.717, 1.165) is 43.8 Å². The molecule has 3 N–H and O–H groups in total. The third-order valence-corrected chi connectivity index (χ3v) is 6.71. The van der Waals surface area contributed by atoms with Crippen LogP contribution in [0, 0.1) is 12.8 Å². The molecular weight excluding hydrogens is 398 g/mol. The Kier molecular flexibility index (Phi) is 7.64. The lowest BCUT2D eigenvalue weighted by Gasteiger charge is -2.31. The Morgan fingerprint density at radius 1 is 1.03 bits per heavy atom. The van der Waals surface area contributed by atoms with Gasteiger partial charge in [-0.15, -0.1) is 0 Å². The van der Waals surface area contributed by atoms with Gasteiger partial charge in [0.25, 0.3) is 0 Å². The number of rotatable bonds is 8. The number of nitrogens with one attached hydrogen (secondary N) is 1. The van der Waals surface area contributed by atoms with Gasteiger partial charge in [0.2, 0.25) is 15.9 Å². The highest BCUT2D eigenvalue weighted by Gasteiger charge is 2.20. The normalized spacial score (nSPS) is 15.8. The van der Waals surface area contributed by atoms with Gasteiger partial charge in [0.1, 0.15) is 0 Å². The lowest BCUT2D eigenvalue weighted by molar-refractivity contribution is -0.122. The van der Waals surface area contributed by atoms with Crippen molar-refractivity contribution in [3.8, 4) is 0 Å². The first-order chi connectivity index (χ1) is 14.3. The van der Waals surface area contributed by atoms with Gasteiger partial charge in [0.05, 0.1) is 11.4 Å². The van der Waals surface area contributed by atoms with Crippen LogP contribution in [0.25, 0.3) is 0 Å². The van der Waals surface area contributed by atoms with E-state index in [4.69, 9.17) is 5.14 Å². The summed E-state index contributed by atoms with van der Waals surface area (Å²) in [5.41, 5.74) is 3.54. The summed E-state index contributed by atoms with van der Waals surface area (Å²) in [5, 5.41) is 8.00. The number of amides is 1. The monoisotopic (exact) mass is 429 g/mol. The predicted octanol–water partition coefficient (Wildman–Crippen LogP) is 2.60. The Bertz CT molecular complexity index is 933. The molecule has 7 heteroatoms. The second kappa shape index (κ2) is 10.2. The molecule has 1 aliphatic rings. The lowest BCUT2D eigenvalue weighted by Crippen LogP contribution is -2.41. The van der Waals surface area contributed by atoms with Crippen molar-refractivity contribution < 1.29 is 13.2 Å². The second-order valence-corrected chi connectivity index (χ2v) is 9.77. The Balaban J connectivity index is 1.35. The molecular formula is C23H31N3O3S. The van der Waals surface area contributed by atoms with Crippen LogP contribution in [-0.4, -0.2) is 38.9 Å². The zero-order valence-electron chi connectivity index (χ0n) is 17.5. The first-order valence-electron chi connectivity index (χ1n) is 10.5. The van der Waals surface area contributed by atoms with E-state index < -0.39 is 10.0 Å². The molecule has 0 aliphatic carbocycles. The topological polar surface area (TPSA) is 92.5 Å². The fourth-order valence-electron chi connectivity index (χ4n) is 3.82. The molecule has 162 valence electrons. The van der Waals surface area contributed by atoms with Crippen LogP contribution < -0.4 is 10.5 Å². The number of nitrogens with two attached hydrogens (primary N) is 1. The van der Waals surface area contributed by atoms with Gasteiger partial charge < -0.3 is 5.32 Å². The summed E-state index contributed by atoms with van der Waals surface area (Å²) >= 11 is 0. The van der Waals surface area contributed by atoms with Gasteiger partial charge in [-0.25, -0.2) is 13.6 Å². The number of piperidine rings is 1. The van der Waals surface area contributed by atoms with E-state index in [1.54, 1.807) is 12.1 Å². The average Bonchev–Trinajstić information content (AvgIpc) is 2.72. The third kappa shape index (κ3) is 6.93. The predicted molar refractivity (Wildman–Crippen MR) is 118 cm³/mol. The molecule has 6 nitrogen and oxygen atoms in total. The van der Waals surface area contributed by atoms with Gasteiger partial charge in [-0.3, -0.25) is 9.69 Å². The van der Waals surface area contributed by atoms with E-state index >= 15 is 0 Å². The van der Waals surface area contributed by atoms with E-state index in [9.17, 15) is 13.2 Å². The maximum absolute atomic E-state index is 12.3. The number of nitrogens with zero attached hydrogens (tertiary/aromatic N) is 1. The summed E-state index contributed by atoms with van der Waals surface area (Å²) in [7, 11) is -3.69. The minimum Gasteiger partial charge on any atom is -0.351 e. The molecule has 1 heterocycles. The summed E-state index contributed by atoms with van der Waals surface area (Å²) in [4.78, 5) is 14.5. The smallest absolute Gasteiger partial charge is 0.238 e. The van der Waals surface area contributed by atoms with E-state index in [1.165, 1.54) is 29.7 Å². The van der Waals surface area contributed by atoms with Crippen LogP contribution >= 0.6 is 0 Å². The summed E-state index contributed by atoms with van der Waals surface area (Å²) < 4.78 is 22.6. The van der Waals surface area contributed by atoms with Gasteiger partial charge in [-0.1, -0.05) is 42.0 Å². The van der Waals surface area contributed by atoms with Crippen LogP contribution in [0.5, 0.6) is 0 Å². The highest BCUT2D eigenvalue weighted by Crippen LogP contribution is 2.22. The first kappa shape index (κ1) is 22.5. The Hall–Kier alpha value is -2.22. The van der Waals surface area contributed by atoms with Crippen LogP contribution in [0.2, 0.25) is 0 Å². The number of hydrogen-bond donors (Lipinski definition) is 2. The highest BCUT2D eigenvalue weighted by atomic mass is 32.2. The minimum atomic E-state index is -3.69. The molecule has 0 unspecified atom stereocenters. The first-order valence-corrected chi connectivity index (χ1v) is 12.0. The fraction of sp³-hybridized carbons (Fsp3) is 0.435. The zero-order valence-corrected chi connectivity index (χ0v) is 18.3. The highest BCUT2D eigenvalue weighted by molar-refractivity contribution is 7.89. The number of hydrogen-bond acceptors (Lipinski definition) is 4. The van der Waals surface area contributed by atoms with Crippen LogP contribution in [0.15, 0.2) is 53.4 Å². The number of likely N-dealkylation sites (tertiary alicyclic amines) is 1. The number of sulfonamides is 1. The van der Waals surface area contributed by atoms with Crippen LogP contribution in [-0.2, 0) is 27.8 Å². The molecule has 0 atom stereocenters. The summed E-state index contributed by atoms with van der Waals surface area (Å²) in [5.74, 6) is 0.714. The van der Waals surface area contributed by atoms with Crippen LogP contribution in [0.1, 0.15) is 36.0 Å². The van der Waals surface area contributed by atoms with Crippen molar-refractivity contribution in [2.45, 2.75) is 44.0 Å². The van der Waals surface area contributed by atoms with Gasteiger partial charge in [0.15, 0.2) is 0 Å². The molecule has 0 spiro atoms. The summed E-state index contributed by atoms with van der Waals surface area (Å²) in [6.07, 6.45) is 4.59. The van der Waals surface area contributed by atoms with Gasteiger partial charge in [0, 0.05) is 6.54 Å². The van der Waals surface area contributed by atoms with Crippen molar-refractivity contribution in [1.29, 1.82) is 0 Å². The minimum absolute atomic E-state index is 0.0105. The maximum Gasteiger partial charge on any atom is 0.238 e. The summed E-state index contributed by atoms with van der Waals surface area (Å²) in [6.45, 7) is 4.79. The lowest BCUT2D eigenvalue weighted by atomic mass is 9.90. The van der Waals surface area contributed by atoms with E-state index in [2.05, 4.69) is 41.4 Å². The van der Waals surface area contributed by atoms with Crippen molar-refractivity contribution >= 4 is 15.9 Å². The average molecular weight is 430 g/mol. The number of benzene rings is 2.